The van der Waals surface area contributed by atoms with Crippen molar-refractivity contribution in [3.63, 3.8) is 0 Å². The van der Waals surface area contributed by atoms with Crippen LogP contribution in [0, 0.1) is 0 Å². The molecule has 1 aliphatic rings. The number of carbonyl (C=O) groups excluding carboxylic acids is 2. The van der Waals surface area contributed by atoms with E-state index in [1.54, 1.807) is 11.3 Å². The molecule has 0 unspecified atom stereocenters. The lowest BCUT2D eigenvalue weighted by atomic mass is 9.92. The molecule has 5 nitrogen and oxygen atoms in total. The maximum Gasteiger partial charge on any atom is 0.410 e. The zero-order valence-electron chi connectivity index (χ0n) is 12.8. The number of rotatable bonds is 3. The molecule has 3 rings (SSSR count). The molecule has 0 fully saturated rings. The molecule has 1 aromatic carbocycles. The molecule has 120 valence electrons. The minimum atomic E-state index is -0.646. The molecular weight excluding hydrogens is 312 g/mol. The summed E-state index contributed by atoms with van der Waals surface area (Å²) in [5.41, 5.74) is 1.97. The number of thiophene rings is 1. The zero-order chi connectivity index (χ0) is 16.2. The third-order valence-electron chi connectivity index (χ3n) is 3.96. The fourth-order valence-electron chi connectivity index (χ4n) is 2.85. The highest BCUT2D eigenvalue weighted by Crippen LogP contribution is 2.30. The third kappa shape index (κ3) is 3.22. The lowest BCUT2D eigenvalue weighted by Crippen LogP contribution is -2.47. The average Bonchev–Trinajstić information content (AvgIpc) is 3.11. The lowest BCUT2D eigenvalue weighted by molar-refractivity contribution is -0.126. The summed E-state index contributed by atoms with van der Waals surface area (Å²) in [7, 11) is 1.34. The molecule has 6 heteroatoms. The Bertz CT molecular complexity index is 700. The molecule has 0 aliphatic carbocycles. The number of fused-ring (bicyclic) bond motifs is 1. The van der Waals surface area contributed by atoms with E-state index >= 15 is 0 Å². The van der Waals surface area contributed by atoms with Crippen LogP contribution in [0.4, 0.5) is 4.79 Å². The van der Waals surface area contributed by atoms with Crippen LogP contribution in [0.1, 0.15) is 22.0 Å². The van der Waals surface area contributed by atoms with Crippen molar-refractivity contribution in [3.05, 3.63) is 57.8 Å². The van der Waals surface area contributed by atoms with E-state index < -0.39 is 12.1 Å². The molecule has 1 N–H and O–H groups in total. The molecule has 0 saturated heterocycles. The van der Waals surface area contributed by atoms with Crippen molar-refractivity contribution in [1.29, 1.82) is 0 Å². The maximum absolute atomic E-state index is 12.7. The first-order valence-electron chi connectivity index (χ1n) is 7.43. The van der Waals surface area contributed by atoms with Crippen molar-refractivity contribution in [2.45, 2.75) is 19.0 Å². The van der Waals surface area contributed by atoms with Gasteiger partial charge in [-0.2, -0.15) is 0 Å². The van der Waals surface area contributed by atoms with E-state index in [0.29, 0.717) is 13.1 Å². The molecule has 1 aromatic heterocycles. The number of amides is 2. The molecule has 0 saturated carbocycles. The molecule has 2 heterocycles. The summed E-state index contributed by atoms with van der Waals surface area (Å²) in [4.78, 5) is 27.3. The summed E-state index contributed by atoms with van der Waals surface area (Å²) in [5, 5.41) is 4.90. The number of hydrogen-bond acceptors (Lipinski definition) is 4. The second kappa shape index (κ2) is 6.83. The van der Waals surface area contributed by atoms with E-state index in [4.69, 9.17) is 4.74 Å². The van der Waals surface area contributed by atoms with Crippen molar-refractivity contribution in [3.8, 4) is 0 Å². The molecular formula is C17H18N2O3S. The van der Waals surface area contributed by atoms with Gasteiger partial charge < -0.3 is 10.1 Å². The SMILES string of the molecule is COC(=O)N1CCc2ccccc2[C@H]1C(=O)NCc1cccs1. The smallest absolute Gasteiger partial charge is 0.410 e. The van der Waals surface area contributed by atoms with Crippen LogP contribution in [0.5, 0.6) is 0 Å². The number of carbonyl (C=O) groups is 2. The minimum absolute atomic E-state index is 0.184. The van der Waals surface area contributed by atoms with Crippen LogP contribution in [0.25, 0.3) is 0 Å². The first-order valence-corrected chi connectivity index (χ1v) is 8.31. The van der Waals surface area contributed by atoms with Gasteiger partial charge in [0.1, 0.15) is 6.04 Å². The highest BCUT2D eigenvalue weighted by Gasteiger charge is 2.36. The first kappa shape index (κ1) is 15.6. The lowest BCUT2D eigenvalue weighted by Gasteiger charge is -2.35. The van der Waals surface area contributed by atoms with Crippen molar-refractivity contribution in [2.75, 3.05) is 13.7 Å². The summed E-state index contributed by atoms with van der Waals surface area (Å²) < 4.78 is 4.84. The second-order valence-electron chi connectivity index (χ2n) is 5.31. The Morgan fingerprint density at radius 1 is 1.30 bits per heavy atom. The topological polar surface area (TPSA) is 58.6 Å². The largest absolute Gasteiger partial charge is 0.453 e. The molecule has 0 radical (unpaired) electrons. The van der Waals surface area contributed by atoms with Gasteiger partial charge in [-0.1, -0.05) is 30.3 Å². The van der Waals surface area contributed by atoms with Gasteiger partial charge in [-0.3, -0.25) is 9.69 Å². The number of ether oxygens (including phenoxy) is 1. The second-order valence-corrected chi connectivity index (χ2v) is 6.34. The van der Waals surface area contributed by atoms with Crippen LogP contribution in [0.3, 0.4) is 0 Å². The van der Waals surface area contributed by atoms with Gasteiger partial charge in [0, 0.05) is 11.4 Å². The average molecular weight is 330 g/mol. The highest BCUT2D eigenvalue weighted by atomic mass is 32.1. The quantitative estimate of drug-likeness (QED) is 0.941. The van der Waals surface area contributed by atoms with Crippen LogP contribution < -0.4 is 5.32 Å². The van der Waals surface area contributed by atoms with Crippen LogP contribution in [0.15, 0.2) is 41.8 Å². The first-order chi connectivity index (χ1) is 11.2. The molecule has 1 atom stereocenters. The molecule has 23 heavy (non-hydrogen) atoms. The number of methoxy groups -OCH3 is 1. The fraction of sp³-hybridized carbons (Fsp3) is 0.294. The van der Waals surface area contributed by atoms with Gasteiger partial charge in [0.2, 0.25) is 5.91 Å². The number of benzene rings is 1. The molecule has 0 spiro atoms. The van der Waals surface area contributed by atoms with Crippen molar-refractivity contribution >= 4 is 23.3 Å². The van der Waals surface area contributed by atoms with Gasteiger partial charge in [0.15, 0.2) is 0 Å². The third-order valence-corrected chi connectivity index (χ3v) is 4.83. The molecule has 2 aromatic rings. The van der Waals surface area contributed by atoms with E-state index in [-0.39, 0.29) is 5.91 Å². The van der Waals surface area contributed by atoms with Crippen molar-refractivity contribution in [1.82, 2.24) is 10.2 Å². The fourth-order valence-corrected chi connectivity index (χ4v) is 3.49. The van der Waals surface area contributed by atoms with Gasteiger partial charge in [-0.05, 0) is 29.0 Å². The Balaban J connectivity index is 1.84. The summed E-state index contributed by atoms with van der Waals surface area (Å²) in [6, 6.07) is 11.0. The van der Waals surface area contributed by atoms with Crippen LogP contribution >= 0.6 is 11.3 Å². The Labute approximate surface area is 138 Å². The zero-order valence-corrected chi connectivity index (χ0v) is 13.6. The van der Waals surface area contributed by atoms with Gasteiger partial charge in [0.25, 0.3) is 0 Å². The molecule has 0 bridgehead atoms. The van der Waals surface area contributed by atoms with E-state index in [1.807, 2.05) is 41.8 Å². The van der Waals surface area contributed by atoms with E-state index in [2.05, 4.69) is 5.32 Å². The maximum atomic E-state index is 12.7. The van der Waals surface area contributed by atoms with Gasteiger partial charge in [-0.25, -0.2) is 4.79 Å². The van der Waals surface area contributed by atoms with Gasteiger partial charge in [0.05, 0.1) is 13.7 Å². The highest BCUT2D eigenvalue weighted by molar-refractivity contribution is 7.09. The monoisotopic (exact) mass is 330 g/mol. The predicted octanol–water partition coefficient (Wildman–Crippen LogP) is 2.73. The van der Waals surface area contributed by atoms with Crippen LogP contribution in [0.2, 0.25) is 0 Å². The van der Waals surface area contributed by atoms with Crippen LogP contribution in [-0.2, 0) is 22.5 Å². The predicted molar refractivity (Wildman–Crippen MR) is 88.2 cm³/mol. The number of hydrogen-bond donors (Lipinski definition) is 1. The van der Waals surface area contributed by atoms with Crippen molar-refractivity contribution in [2.24, 2.45) is 0 Å². The van der Waals surface area contributed by atoms with Crippen LogP contribution in [-0.4, -0.2) is 30.6 Å². The Kier molecular flexibility index (Phi) is 4.62. The molecule has 2 amide bonds. The van der Waals surface area contributed by atoms with Gasteiger partial charge >= 0.3 is 6.09 Å². The standard InChI is InChI=1S/C17H18N2O3S/c1-22-17(21)19-9-8-12-5-2-3-7-14(12)15(19)16(20)18-11-13-6-4-10-23-13/h2-7,10,15H,8-9,11H2,1H3,(H,18,20)/t15-/m0/s1. The summed E-state index contributed by atoms with van der Waals surface area (Å²) in [6.07, 6.45) is 0.246. The minimum Gasteiger partial charge on any atom is -0.453 e. The van der Waals surface area contributed by atoms with Gasteiger partial charge in [-0.15, -0.1) is 11.3 Å². The Morgan fingerprint density at radius 3 is 2.87 bits per heavy atom. The number of nitrogens with one attached hydrogen (secondary N) is 1. The van der Waals surface area contributed by atoms with Crippen molar-refractivity contribution < 1.29 is 14.3 Å². The summed E-state index contributed by atoms with van der Waals surface area (Å²) in [6.45, 7) is 0.935. The normalized spacial score (nSPS) is 16.6. The number of nitrogens with zero attached hydrogens (tertiary/aromatic N) is 1. The van der Waals surface area contributed by atoms with E-state index in [1.165, 1.54) is 12.0 Å². The summed E-state index contributed by atoms with van der Waals surface area (Å²) in [5.74, 6) is -0.184. The Hall–Kier alpha value is -2.34. The Morgan fingerprint density at radius 2 is 2.13 bits per heavy atom. The molecule has 1 aliphatic heterocycles. The summed E-state index contributed by atoms with van der Waals surface area (Å²) >= 11 is 1.59. The van der Waals surface area contributed by atoms with E-state index in [0.717, 1.165) is 22.4 Å². The van der Waals surface area contributed by atoms with E-state index in [9.17, 15) is 9.59 Å².